The molecule has 0 saturated heterocycles. The van der Waals surface area contributed by atoms with Gasteiger partial charge >= 0.3 is 0 Å². The fourth-order valence-corrected chi connectivity index (χ4v) is 2.01. The van der Waals surface area contributed by atoms with Gasteiger partial charge in [0, 0.05) is 19.0 Å². The lowest BCUT2D eigenvalue weighted by Crippen LogP contribution is -2.14. The number of hydrogen-bond donors (Lipinski definition) is 1. The zero-order valence-corrected chi connectivity index (χ0v) is 13.6. The van der Waals surface area contributed by atoms with Crippen LogP contribution in [0.15, 0.2) is 6.07 Å². The third kappa shape index (κ3) is 5.76. The van der Waals surface area contributed by atoms with Gasteiger partial charge in [-0.25, -0.2) is 4.98 Å². The number of hydrogen-bond acceptors (Lipinski definition) is 4. The summed E-state index contributed by atoms with van der Waals surface area (Å²) < 4.78 is 5.94. The van der Waals surface area contributed by atoms with Crippen molar-refractivity contribution in [2.75, 3.05) is 12.4 Å². The number of nitrogens with one attached hydrogen (secondary N) is 1. The fourth-order valence-electron chi connectivity index (χ4n) is 2.01. The molecule has 1 rings (SSSR count). The average molecular weight is 279 g/mol. The molecule has 0 amide bonds. The molecule has 0 aromatic carbocycles. The van der Waals surface area contributed by atoms with E-state index in [1.807, 2.05) is 13.1 Å². The van der Waals surface area contributed by atoms with Crippen molar-refractivity contribution in [2.45, 2.75) is 71.8 Å². The van der Waals surface area contributed by atoms with Gasteiger partial charge in [0.2, 0.25) is 5.88 Å². The zero-order valence-electron chi connectivity index (χ0n) is 13.6. The van der Waals surface area contributed by atoms with Crippen LogP contribution in [0, 0.1) is 0 Å². The molecule has 1 aromatic rings. The van der Waals surface area contributed by atoms with Crippen LogP contribution in [0.4, 0.5) is 5.82 Å². The molecule has 0 bridgehead atoms. The lowest BCUT2D eigenvalue weighted by atomic mass is 10.1. The van der Waals surface area contributed by atoms with Crippen molar-refractivity contribution in [1.82, 2.24) is 9.97 Å². The maximum absolute atomic E-state index is 5.94. The first kappa shape index (κ1) is 16.7. The molecular formula is C16H29N3O. The second-order valence-corrected chi connectivity index (χ2v) is 5.63. The first-order valence-corrected chi connectivity index (χ1v) is 7.80. The van der Waals surface area contributed by atoms with E-state index in [1.165, 1.54) is 25.7 Å². The fraction of sp³-hybridized carbons (Fsp3) is 0.750. The molecular weight excluding hydrogens is 250 g/mol. The first-order valence-electron chi connectivity index (χ1n) is 7.80. The highest BCUT2D eigenvalue weighted by Crippen LogP contribution is 2.20. The molecule has 0 aliphatic rings. The summed E-state index contributed by atoms with van der Waals surface area (Å²) in [6, 6.07) is 1.87. The predicted molar refractivity (Wildman–Crippen MR) is 84.5 cm³/mol. The smallest absolute Gasteiger partial charge is 0.218 e. The van der Waals surface area contributed by atoms with E-state index in [-0.39, 0.29) is 6.10 Å². The minimum absolute atomic E-state index is 0.200. The van der Waals surface area contributed by atoms with Gasteiger partial charge in [0.15, 0.2) is 0 Å². The third-order valence-electron chi connectivity index (χ3n) is 3.28. The Morgan fingerprint density at radius 2 is 1.90 bits per heavy atom. The summed E-state index contributed by atoms with van der Waals surface area (Å²) in [5.41, 5.74) is 0. The van der Waals surface area contributed by atoms with Gasteiger partial charge < -0.3 is 10.1 Å². The summed E-state index contributed by atoms with van der Waals surface area (Å²) in [6.45, 7) is 8.52. The van der Waals surface area contributed by atoms with Gasteiger partial charge in [-0.05, 0) is 19.8 Å². The van der Waals surface area contributed by atoms with Gasteiger partial charge in [0.1, 0.15) is 11.6 Å². The van der Waals surface area contributed by atoms with E-state index >= 15 is 0 Å². The number of unbranched alkanes of at least 4 members (excludes halogenated alkanes) is 3. The molecule has 1 unspecified atom stereocenters. The van der Waals surface area contributed by atoms with Crippen molar-refractivity contribution < 1.29 is 4.74 Å². The monoisotopic (exact) mass is 279 g/mol. The second-order valence-electron chi connectivity index (χ2n) is 5.63. The van der Waals surface area contributed by atoms with Crippen molar-refractivity contribution in [3.8, 4) is 5.88 Å². The molecule has 0 radical (unpaired) electrons. The molecule has 0 aliphatic carbocycles. The van der Waals surface area contributed by atoms with Gasteiger partial charge in [-0.15, -0.1) is 0 Å². The van der Waals surface area contributed by atoms with Gasteiger partial charge in [-0.1, -0.05) is 40.0 Å². The highest BCUT2D eigenvalue weighted by atomic mass is 16.5. The highest BCUT2D eigenvalue weighted by Gasteiger charge is 2.11. The van der Waals surface area contributed by atoms with E-state index in [2.05, 4.69) is 43.0 Å². The number of nitrogens with zero attached hydrogens (tertiary/aromatic N) is 2. The van der Waals surface area contributed by atoms with E-state index in [4.69, 9.17) is 4.74 Å². The van der Waals surface area contributed by atoms with E-state index in [1.54, 1.807) is 0 Å². The summed E-state index contributed by atoms with van der Waals surface area (Å²) in [5.74, 6) is 2.61. The van der Waals surface area contributed by atoms with Crippen molar-refractivity contribution in [3.05, 3.63) is 11.9 Å². The Morgan fingerprint density at radius 3 is 2.50 bits per heavy atom. The van der Waals surface area contributed by atoms with Crippen molar-refractivity contribution in [1.29, 1.82) is 0 Å². The van der Waals surface area contributed by atoms with Crippen LogP contribution in [0.2, 0.25) is 0 Å². The van der Waals surface area contributed by atoms with Gasteiger partial charge in [0.05, 0.1) is 6.10 Å². The SMILES string of the molecule is CCCCCCC(C)Oc1cc(NC)nc(C(C)C)n1. The van der Waals surface area contributed by atoms with Crippen LogP contribution in [-0.2, 0) is 0 Å². The van der Waals surface area contributed by atoms with Gasteiger partial charge in [0.25, 0.3) is 0 Å². The van der Waals surface area contributed by atoms with Crippen LogP contribution in [0.25, 0.3) is 0 Å². The topological polar surface area (TPSA) is 47.0 Å². The molecule has 114 valence electrons. The molecule has 4 nitrogen and oxygen atoms in total. The minimum atomic E-state index is 0.200. The quantitative estimate of drug-likeness (QED) is 0.681. The molecule has 0 aliphatic heterocycles. The highest BCUT2D eigenvalue weighted by molar-refractivity contribution is 5.38. The number of aromatic nitrogens is 2. The molecule has 1 atom stereocenters. The van der Waals surface area contributed by atoms with Crippen molar-refractivity contribution in [2.24, 2.45) is 0 Å². The van der Waals surface area contributed by atoms with Crippen LogP contribution >= 0.6 is 0 Å². The van der Waals surface area contributed by atoms with Crippen molar-refractivity contribution >= 4 is 5.82 Å². The Hall–Kier alpha value is -1.32. The molecule has 0 fully saturated rings. The van der Waals surface area contributed by atoms with Crippen LogP contribution < -0.4 is 10.1 Å². The molecule has 1 heterocycles. The average Bonchev–Trinajstić information content (AvgIpc) is 2.43. The van der Waals surface area contributed by atoms with E-state index < -0.39 is 0 Å². The van der Waals surface area contributed by atoms with Crippen LogP contribution in [-0.4, -0.2) is 23.1 Å². The van der Waals surface area contributed by atoms with Crippen LogP contribution in [0.5, 0.6) is 5.88 Å². The zero-order chi connectivity index (χ0) is 15.0. The summed E-state index contributed by atoms with van der Waals surface area (Å²) >= 11 is 0. The summed E-state index contributed by atoms with van der Waals surface area (Å²) in [6.07, 6.45) is 6.36. The summed E-state index contributed by atoms with van der Waals surface area (Å²) in [7, 11) is 1.87. The molecule has 1 aromatic heterocycles. The Balaban J connectivity index is 2.59. The Bertz CT molecular complexity index is 393. The molecule has 4 heteroatoms. The summed E-state index contributed by atoms with van der Waals surface area (Å²) in [5, 5.41) is 3.06. The number of anilines is 1. The maximum Gasteiger partial charge on any atom is 0.218 e. The van der Waals surface area contributed by atoms with Gasteiger partial charge in [-0.2, -0.15) is 4.98 Å². The normalized spacial score (nSPS) is 12.5. The Morgan fingerprint density at radius 1 is 1.15 bits per heavy atom. The Kier molecular flexibility index (Phi) is 7.34. The van der Waals surface area contributed by atoms with Crippen molar-refractivity contribution in [3.63, 3.8) is 0 Å². The van der Waals surface area contributed by atoms with Gasteiger partial charge in [-0.3, -0.25) is 0 Å². The lowest BCUT2D eigenvalue weighted by molar-refractivity contribution is 0.197. The number of rotatable bonds is 9. The minimum Gasteiger partial charge on any atom is -0.475 e. The van der Waals surface area contributed by atoms with Crippen LogP contribution in [0.3, 0.4) is 0 Å². The lowest BCUT2D eigenvalue weighted by Gasteiger charge is -2.16. The largest absolute Gasteiger partial charge is 0.475 e. The molecule has 1 N–H and O–H groups in total. The van der Waals surface area contributed by atoms with Crippen LogP contribution in [0.1, 0.15) is 71.5 Å². The molecule has 0 spiro atoms. The number of ether oxygens (including phenoxy) is 1. The predicted octanol–water partition coefficient (Wildman–Crippen LogP) is 4.38. The van der Waals surface area contributed by atoms with E-state index in [0.29, 0.717) is 11.8 Å². The molecule has 0 saturated carbocycles. The Labute approximate surface area is 123 Å². The first-order chi connectivity index (χ1) is 9.56. The second kappa shape index (κ2) is 8.77. The standard InChI is InChI=1S/C16H29N3O/c1-6-7-8-9-10-13(4)20-15-11-14(17-5)18-16(19-15)12(2)3/h11-13H,6-10H2,1-5H3,(H,17,18,19). The van der Waals surface area contributed by atoms with E-state index in [9.17, 15) is 0 Å². The van der Waals surface area contributed by atoms with E-state index in [0.717, 1.165) is 18.1 Å². The maximum atomic E-state index is 5.94. The third-order valence-corrected chi connectivity index (χ3v) is 3.28. The molecule has 20 heavy (non-hydrogen) atoms. The summed E-state index contributed by atoms with van der Waals surface area (Å²) in [4.78, 5) is 8.93.